The molecule has 0 aliphatic carbocycles. The van der Waals surface area contributed by atoms with E-state index in [0.29, 0.717) is 39.9 Å². The summed E-state index contributed by atoms with van der Waals surface area (Å²) in [5.74, 6) is 1.29. The molecular formula is C21H21N3O5. The molecule has 0 unspecified atom stereocenters. The molecular weight excluding hydrogens is 374 g/mol. The lowest BCUT2D eigenvalue weighted by atomic mass is 10.1. The molecule has 2 amide bonds. The van der Waals surface area contributed by atoms with Gasteiger partial charge in [0.25, 0.3) is 5.91 Å². The van der Waals surface area contributed by atoms with Crippen molar-refractivity contribution in [3.05, 3.63) is 48.0 Å². The monoisotopic (exact) mass is 395 g/mol. The summed E-state index contributed by atoms with van der Waals surface area (Å²) in [5, 5.41) is 6.05. The number of carbonyl (C=O) groups is 2. The lowest BCUT2D eigenvalue weighted by Crippen LogP contribution is -2.18. The normalized spacial score (nSPS) is 10.3. The van der Waals surface area contributed by atoms with E-state index in [1.807, 2.05) is 0 Å². The Bertz CT molecular complexity index is 1080. The topological polar surface area (TPSA) is 98.8 Å². The summed E-state index contributed by atoms with van der Waals surface area (Å²) in [7, 11) is 4.58. The highest BCUT2D eigenvalue weighted by Gasteiger charge is 2.14. The number of ether oxygens (including phenoxy) is 3. The summed E-state index contributed by atoms with van der Waals surface area (Å²) in [6, 6.07) is 11.9. The average molecular weight is 395 g/mol. The van der Waals surface area contributed by atoms with Crippen LogP contribution in [0.4, 0.5) is 5.69 Å². The molecule has 0 fully saturated rings. The molecule has 1 aromatic heterocycles. The maximum Gasteiger partial charge on any atom is 0.254 e. The van der Waals surface area contributed by atoms with E-state index in [9.17, 15) is 9.59 Å². The minimum Gasteiger partial charge on any atom is -0.497 e. The fourth-order valence-corrected chi connectivity index (χ4v) is 2.82. The molecule has 0 saturated heterocycles. The number of amides is 2. The lowest BCUT2D eigenvalue weighted by molar-refractivity contribution is -0.114. The molecule has 1 heterocycles. The number of hydrogen-bond donors (Lipinski definition) is 2. The van der Waals surface area contributed by atoms with Crippen LogP contribution in [0.2, 0.25) is 0 Å². The molecule has 0 aliphatic rings. The molecule has 0 atom stereocenters. The fourth-order valence-electron chi connectivity index (χ4n) is 2.82. The Morgan fingerprint density at radius 3 is 2.38 bits per heavy atom. The van der Waals surface area contributed by atoms with Crippen LogP contribution < -0.4 is 24.8 Å². The van der Waals surface area contributed by atoms with Gasteiger partial charge < -0.3 is 24.8 Å². The van der Waals surface area contributed by atoms with Gasteiger partial charge in [-0.05, 0) is 12.1 Å². The number of methoxy groups -OCH3 is 2. The third kappa shape index (κ3) is 4.55. The largest absolute Gasteiger partial charge is 0.497 e. The predicted molar refractivity (Wildman–Crippen MR) is 109 cm³/mol. The Morgan fingerprint density at radius 1 is 0.966 bits per heavy atom. The van der Waals surface area contributed by atoms with Crippen molar-refractivity contribution < 1.29 is 23.8 Å². The minimum absolute atomic E-state index is 0.202. The molecule has 0 bridgehead atoms. The molecule has 3 rings (SSSR count). The Hall–Kier alpha value is -3.81. The maximum absolute atomic E-state index is 12.0. The van der Waals surface area contributed by atoms with Crippen LogP contribution in [0.15, 0.2) is 42.5 Å². The highest BCUT2D eigenvalue weighted by Crippen LogP contribution is 2.31. The first-order valence-corrected chi connectivity index (χ1v) is 8.79. The van der Waals surface area contributed by atoms with Gasteiger partial charge in [0.15, 0.2) is 0 Å². The van der Waals surface area contributed by atoms with E-state index >= 15 is 0 Å². The smallest absolute Gasteiger partial charge is 0.254 e. The standard InChI is InChI=1S/C21H21N3O5/c1-12(25)23-14-8-15(27-3)10-16(9-14)29-20-6-5-13-7-17(21(26)22-2)19(28-4)11-18(13)24-20/h5-11H,1-4H3,(H,22,26)(H,23,25). The van der Waals surface area contributed by atoms with E-state index in [0.717, 1.165) is 5.39 Å². The maximum atomic E-state index is 12.0. The Morgan fingerprint density at radius 2 is 1.72 bits per heavy atom. The van der Waals surface area contributed by atoms with Gasteiger partial charge in [-0.1, -0.05) is 0 Å². The first kappa shape index (κ1) is 19.9. The van der Waals surface area contributed by atoms with Crippen molar-refractivity contribution in [2.24, 2.45) is 0 Å². The number of fused-ring (bicyclic) bond motifs is 1. The molecule has 0 spiro atoms. The molecule has 2 aromatic carbocycles. The molecule has 3 aromatic rings. The summed E-state index contributed by atoms with van der Waals surface area (Å²) >= 11 is 0. The van der Waals surface area contributed by atoms with Gasteiger partial charge in [0, 0.05) is 55.4 Å². The molecule has 2 N–H and O–H groups in total. The minimum atomic E-state index is -0.244. The van der Waals surface area contributed by atoms with Crippen LogP contribution in [0.1, 0.15) is 17.3 Å². The van der Waals surface area contributed by atoms with Crippen LogP contribution in [0, 0.1) is 0 Å². The Balaban J connectivity index is 1.96. The summed E-state index contributed by atoms with van der Waals surface area (Å²) in [6.07, 6.45) is 0. The van der Waals surface area contributed by atoms with Crippen molar-refractivity contribution in [1.29, 1.82) is 0 Å². The number of anilines is 1. The molecule has 8 heteroatoms. The molecule has 0 saturated carbocycles. The third-order valence-corrected chi connectivity index (χ3v) is 4.12. The van der Waals surface area contributed by atoms with Crippen LogP contribution in [-0.4, -0.2) is 38.1 Å². The molecule has 0 aliphatic heterocycles. The fraction of sp³-hybridized carbons (Fsp3) is 0.190. The second-order valence-electron chi connectivity index (χ2n) is 6.15. The van der Waals surface area contributed by atoms with Crippen molar-refractivity contribution in [2.45, 2.75) is 6.92 Å². The van der Waals surface area contributed by atoms with Crippen molar-refractivity contribution in [3.8, 4) is 23.1 Å². The molecule has 8 nitrogen and oxygen atoms in total. The number of rotatable bonds is 6. The van der Waals surface area contributed by atoms with Crippen LogP contribution >= 0.6 is 0 Å². The van der Waals surface area contributed by atoms with Crippen LogP contribution in [0.3, 0.4) is 0 Å². The quantitative estimate of drug-likeness (QED) is 0.664. The van der Waals surface area contributed by atoms with Crippen LogP contribution in [0.25, 0.3) is 10.9 Å². The van der Waals surface area contributed by atoms with Crippen LogP contribution in [0.5, 0.6) is 23.1 Å². The number of carbonyl (C=O) groups excluding carboxylic acids is 2. The van der Waals surface area contributed by atoms with E-state index in [1.54, 1.807) is 49.5 Å². The second kappa shape index (κ2) is 8.47. The van der Waals surface area contributed by atoms with E-state index in [-0.39, 0.29) is 11.8 Å². The number of nitrogens with zero attached hydrogens (tertiary/aromatic N) is 1. The van der Waals surface area contributed by atoms with Gasteiger partial charge in [0.2, 0.25) is 11.8 Å². The van der Waals surface area contributed by atoms with Gasteiger partial charge in [-0.3, -0.25) is 9.59 Å². The van der Waals surface area contributed by atoms with Gasteiger partial charge in [-0.2, -0.15) is 0 Å². The third-order valence-electron chi connectivity index (χ3n) is 4.12. The summed E-state index contributed by atoms with van der Waals surface area (Å²) in [6.45, 7) is 1.42. The molecule has 29 heavy (non-hydrogen) atoms. The number of pyridine rings is 1. The zero-order chi connectivity index (χ0) is 21.0. The Labute approximate surface area is 167 Å². The zero-order valence-electron chi connectivity index (χ0n) is 16.5. The number of hydrogen-bond acceptors (Lipinski definition) is 6. The lowest BCUT2D eigenvalue weighted by Gasteiger charge is -2.12. The van der Waals surface area contributed by atoms with Gasteiger partial charge >= 0.3 is 0 Å². The molecule has 0 radical (unpaired) electrons. The SMILES string of the molecule is CNC(=O)c1cc2ccc(Oc3cc(NC(C)=O)cc(OC)c3)nc2cc1OC. The van der Waals surface area contributed by atoms with Crippen molar-refractivity contribution >= 4 is 28.4 Å². The van der Waals surface area contributed by atoms with E-state index < -0.39 is 0 Å². The summed E-state index contributed by atoms with van der Waals surface area (Å²) < 4.78 is 16.4. The number of nitrogens with one attached hydrogen (secondary N) is 2. The highest BCUT2D eigenvalue weighted by molar-refractivity contribution is 6.01. The Kier molecular flexibility index (Phi) is 5.82. The first-order chi connectivity index (χ1) is 13.9. The predicted octanol–water partition coefficient (Wildman–Crippen LogP) is 3.36. The second-order valence-corrected chi connectivity index (χ2v) is 6.15. The number of benzene rings is 2. The van der Waals surface area contributed by atoms with Crippen molar-refractivity contribution in [2.75, 3.05) is 26.6 Å². The van der Waals surface area contributed by atoms with Gasteiger partial charge in [0.05, 0.1) is 25.3 Å². The van der Waals surface area contributed by atoms with Crippen molar-refractivity contribution in [3.63, 3.8) is 0 Å². The summed E-state index contributed by atoms with van der Waals surface area (Å²) in [4.78, 5) is 27.9. The van der Waals surface area contributed by atoms with Crippen LogP contribution in [-0.2, 0) is 4.79 Å². The van der Waals surface area contributed by atoms with Gasteiger partial charge in [-0.15, -0.1) is 0 Å². The van der Waals surface area contributed by atoms with E-state index in [2.05, 4.69) is 15.6 Å². The number of aromatic nitrogens is 1. The van der Waals surface area contributed by atoms with Gasteiger partial charge in [-0.25, -0.2) is 4.98 Å². The molecule has 150 valence electrons. The highest BCUT2D eigenvalue weighted by atomic mass is 16.5. The first-order valence-electron chi connectivity index (χ1n) is 8.79. The summed E-state index contributed by atoms with van der Waals surface area (Å²) in [5.41, 5.74) is 1.58. The van der Waals surface area contributed by atoms with E-state index in [4.69, 9.17) is 14.2 Å². The van der Waals surface area contributed by atoms with E-state index in [1.165, 1.54) is 21.1 Å². The zero-order valence-corrected chi connectivity index (χ0v) is 16.5. The average Bonchev–Trinajstić information content (AvgIpc) is 2.71. The van der Waals surface area contributed by atoms with Crippen molar-refractivity contribution in [1.82, 2.24) is 10.3 Å². The van der Waals surface area contributed by atoms with Gasteiger partial charge in [0.1, 0.15) is 17.2 Å².